The molecule has 0 aromatic carbocycles. The summed E-state index contributed by atoms with van der Waals surface area (Å²) in [6.45, 7) is 3.71. The first kappa shape index (κ1) is 21.7. The molecule has 24 heavy (non-hydrogen) atoms. The minimum Gasteiger partial charge on any atom is -0.461 e. The highest BCUT2D eigenvalue weighted by Gasteiger charge is 2.31. The van der Waals surface area contributed by atoms with Gasteiger partial charge in [-0.25, -0.2) is 0 Å². The highest BCUT2D eigenvalue weighted by Crippen LogP contribution is 2.26. The van der Waals surface area contributed by atoms with E-state index in [0.29, 0.717) is 0 Å². The van der Waals surface area contributed by atoms with Gasteiger partial charge in [-0.1, -0.05) is 71.1 Å². The van der Waals surface area contributed by atoms with Crippen LogP contribution in [0.4, 0.5) is 0 Å². The van der Waals surface area contributed by atoms with Crippen LogP contribution in [-0.2, 0) is 20.3 Å². The lowest BCUT2D eigenvalue weighted by Crippen LogP contribution is -2.37. The minimum atomic E-state index is -0.843. The number of hydrogen-bond acceptors (Lipinski definition) is 3. The third kappa shape index (κ3) is 9.80. The Morgan fingerprint density at radius 1 is 0.917 bits per heavy atom. The number of carbonyl (C=O) groups is 1. The van der Waals surface area contributed by atoms with Crippen LogP contribution >= 0.6 is 0 Å². The minimum absolute atomic E-state index is 0.0706. The van der Waals surface area contributed by atoms with E-state index in [1.165, 1.54) is 64.7 Å². The summed E-state index contributed by atoms with van der Waals surface area (Å²) in [6, 6.07) is 0. The van der Waals surface area contributed by atoms with Gasteiger partial charge < -0.3 is 4.74 Å². The van der Waals surface area contributed by atoms with Gasteiger partial charge in [-0.05, 0) is 25.7 Å². The van der Waals surface area contributed by atoms with Crippen molar-refractivity contribution in [1.82, 2.24) is 0 Å². The molecule has 0 radical (unpaired) electrons. The molecule has 0 bridgehead atoms. The Labute approximate surface area is 151 Å². The van der Waals surface area contributed by atoms with Crippen LogP contribution in [0.1, 0.15) is 104 Å². The quantitative estimate of drug-likeness (QED) is 0.321. The second-order valence-electron chi connectivity index (χ2n) is 7.24. The van der Waals surface area contributed by atoms with E-state index in [1.807, 2.05) is 0 Å². The maximum atomic E-state index is 12.5. The van der Waals surface area contributed by atoms with Gasteiger partial charge in [0.15, 0.2) is 0 Å². The average Bonchev–Trinajstić information content (AvgIpc) is 2.56. The fourth-order valence-electron chi connectivity index (χ4n) is 3.59. The Bertz CT molecular complexity index is 357. The van der Waals surface area contributed by atoms with Crippen LogP contribution in [0.25, 0.3) is 0 Å². The van der Waals surface area contributed by atoms with Gasteiger partial charge in [0.2, 0.25) is 0 Å². The van der Waals surface area contributed by atoms with Crippen molar-refractivity contribution in [2.75, 3.05) is 5.75 Å². The number of esters is 1. The summed E-state index contributed by atoms with van der Waals surface area (Å²) in [5.74, 6) is 0.543. The molecule has 1 rings (SSSR count). The number of carbonyl (C=O) groups excluding carboxylic acids is 1. The van der Waals surface area contributed by atoms with Crippen molar-refractivity contribution in [2.24, 2.45) is 0 Å². The first-order chi connectivity index (χ1) is 11.6. The van der Waals surface area contributed by atoms with Gasteiger partial charge in [-0.2, -0.15) is 0 Å². The molecular weight excluding hydrogens is 320 g/mol. The Balaban J connectivity index is 2.07. The number of unbranched alkanes of at least 4 members (excludes halogenated alkanes) is 9. The molecule has 1 aliphatic carbocycles. The summed E-state index contributed by atoms with van der Waals surface area (Å²) in [5.41, 5.74) is 0. The molecule has 3 nitrogen and oxygen atoms in total. The molecule has 0 saturated heterocycles. The topological polar surface area (TPSA) is 43.4 Å². The van der Waals surface area contributed by atoms with Gasteiger partial charge in [-0.3, -0.25) is 9.00 Å². The van der Waals surface area contributed by atoms with Crippen LogP contribution in [0.5, 0.6) is 0 Å². The summed E-state index contributed by atoms with van der Waals surface area (Å²) in [7, 11) is -0.843. The van der Waals surface area contributed by atoms with E-state index in [0.717, 1.165) is 37.9 Å². The molecule has 0 heterocycles. The zero-order valence-electron chi connectivity index (χ0n) is 15.9. The normalized spacial score (nSPS) is 22.2. The van der Waals surface area contributed by atoms with Crippen LogP contribution < -0.4 is 0 Å². The van der Waals surface area contributed by atoms with Gasteiger partial charge in [0.25, 0.3) is 0 Å². The fourth-order valence-corrected chi connectivity index (χ4v) is 5.35. The molecule has 1 aliphatic rings. The van der Waals surface area contributed by atoms with E-state index >= 15 is 0 Å². The lowest BCUT2D eigenvalue weighted by Gasteiger charge is -2.30. The highest BCUT2D eigenvalue weighted by molar-refractivity contribution is 7.85. The smallest absolute Gasteiger partial charge is 0.302 e. The van der Waals surface area contributed by atoms with E-state index in [4.69, 9.17) is 4.74 Å². The summed E-state index contributed by atoms with van der Waals surface area (Å²) in [5, 5.41) is 0.0706. The second-order valence-corrected chi connectivity index (χ2v) is 9.01. The lowest BCUT2D eigenvalue weighted by atomic mass is 9.97. The van der Waals surface area contributed by atoms with Crippen LogP contribution in [0, 0.1) is 0 Å². The van der Waals surface area contributed by atoms with E-state index in [-0.39, 0.29) is 17.3 Å². The zero-order valence-corrected chi connectivity index (χ0v) is 16.7. The Morgan fingerprint density at radius 3 is 2.04 bits per heavy atom. The third-order valence-corrected chi connectivity index (χ3v) is 6.90. The molecule has 0 aromatic rings. The molecule has 3 atom stereocenters. The zero-order chi connectivity index (χ0) is 17.6. The first-order valence-electron chi connectivity index (χ1n) is 10.2. The maximum Gasteiger partial charge on any atom is 0.302 e. The number of ether oxygens (including phenoxy) is 1. The third-order valence-electron chi connectivity index (χ3n) is 5.00. The van der Waals surface area contributed by atoms with Crippen molar-refractivity contribution in [2.45, 2.75) is 115 Å². The molecule has 0 amide bonds. The maximum absolute atomic E-state index is 12.5. The van der Waals surface area contributed by atoms with Crippen molar-refractivity contribution in [3.8, 4) is 0 Å². The summed E-state index contributed by atoms with van der Waals surface area (Å²) in [4.78, 5) is 11.2. The van der Waals surface area contributed by atoms with Gasteiger partial charge in [0, 0.05) is 23.5 Å². The first-order valence-corrected chi connectivity index (χ1v) is 11.6. The van der Waals surface area contributed by atoms with Gasteiger partial charge in [-0.15, -0.1) is 0 Å². The molecule has 0 N–H and O–H groups in total. The fraction of sp³-hybridized carbons (Fsp3) is 0.950. The SMILES string of the molecule is CCCCCCCCCCCCS(=O)[C@H]1CCCC[C@@H]1OC(C)=O. The van der Waals surface area contributed by atoms with E-state index < -0.39 is 10.8 Å². The van der Waals surface area contributed by atoms with Crippen LogP contribution in [0.15, 0.2) is 0 Å². The van der Waals surface area contributed by atoms with Crippen molar-refractivity contribution in [3.05, 3.63) is 0 Å². The molecule has 0 aliphatic heterocycles. The Kier molecular flexibility index (Phi) is 12.5. The Hall–Kier alpha value is -0.380. The summed E-state index contributed by atoms with van der Waals surface area (Å²) >= 11 is 0. The molecule has 0 spiro atoms. The monoisotopic (exact) mass is 358 g/mol. The summed E-state index contributed by atoms with van der Waals surface area (Å²) in [6.07, 6.45) is 16.9. The van der Waals surface area contributed by atoms with Crippen molar-refractivity contribution < 1.29 is 13.7 Å². The van der Waals surface area contributed by atoms with Crippen molar-refractivity contribution >= 4 is 16.8 Å². The number of hydrogen-bond donors (Lipinski definition) is 0. The molecule has 0 aromatic heterocycles. The number of rotatable bonds is 13. The Morgan fingerprint density at radius 2 is 1.46 bits per heavy atom. The van der Waals surface area contributed by atoms with Gasteiger partial charge in [0.1, 0.15) is 6.10 Å². The molecule has 142 valence electrons. The molecular formula is C20H38O3S. The van der Waals surface area contributed by atoms with Crippen LogP contribution in [0.2, 0.25) is 0 Å². The second kappa shape index (κ2) is 13.9. The standard InChI is InChI=1S/C20H38O3S/c1-3-4-5-6-7-8-9-10-11-14-17-24(22)20-16-13-12-15-19(20)23-18(2)21/h19-20H,3-17H2,1-2H3/t19-,20-,24?/m0/s1. The predicted molar refractivity (Wildman–Crippen MR) is 103 cm³/mol. The van der Waals surface area contributed by atoms with Gasteiger partial charge >= 0.3 is 5.97 Å². The van der Waals surface area contributed by atoms with Crippen LogP contribution in [0.3, 0.4) is 0 Å². The van der Waals surface area contributed by atoms with E-state index in [9.17, 15) is 9.00 Å². The van der Waals surface area contributed by atoms with Crippen LogP contribution in [-0.4, -0.2) is 27.3 Å². The molecule has 1 fully saturated rings. The average molecular weight is 359 g/mol. The molecule has 1 saturated carbocycles. The van der Waals surface area contributed by atoms with Crippen molar-refractivity contribution in [3.63, 3.8) is 0 Å². The van der Waals surface area contributed by atoms with Gasteiger partial charge in [0.05, 0.1) is 5.25 Å². The molecule has 4 heteroatoms. The van der Waals surface area contributed by atoms with E-state index in [2.05, 4.69) is 6.92 Å². The highest BCUT2D eigenvalue weighted by atomic mass is 32.2. The molecule has 1 unspecified atom stereocenters. The van der Waals surface area contributed by atoms with Crippen molar-refractivity contribution in [1.29, 1.82) is 0 Å². The predicted octanol–water partition coefficient (Wildman–Crippen LogP) is 5.53. The summed E-state index contributed by atoms with van der Waals surface area (Å²) < 4.78 is 17.9. The largest absolute Gasteiger partial charge is 0.461 e. The van der Waals surface area contributed by atoms with E-state index in [1.54, 1.807) is 0 Å². The lowest BCUT2D eigenvalue weighted by molar-refractivity contribution is -0.147.